The van der Waals surface area contributed by atoms with E-state index in [9.17, 15) is 22.8 Å². The Balaban J connectivity index is 1.40. The summed E-state index contributed by atoms with van der Waals surface area (Å²) in [6.07, 6.45) is 0.187. The smallest absolute Gasteiger partial charge is 0.342 e. The van der Waals surface area contributed by atoms with Crippen molar-refractivity contribution in [3.05, 3.63) is 58.4 Å². The number of likely N-dealkylation sites (tertiary alicyclic amines) is 1. The Morgan fingerprint density at radius 1 is 1.16 bits per heavy atom. The van der Waals surface area contributed by atoms with Gasteiger partial charge in [-0.15, -0.1) is 0 Å². The Hall–Kier alpha value is -3.67. The van der Waals surface area contributed by atoms with Crippen LogP contribution in [0.1, 0.15) is 48.2 Å². The number of halogens is 3. The summed E-state index contributed by atoms with van der Waals surface area (Å²) in [7, 11) is 0. The fourth-order valence-corrected chi connectivity index (χ4v) is 5.67. The average molecular weight is 543 g/mol. The Bertz CT molecular complexity index is 1430. The van der Waals surface area contributed by atoms with Crippen LogP contribution in [0.5, 0.6) is 0 Å². The summed E-state index contributed by atoms with van der Waals surface area (Å²) < 4.78 is 41.4. The molecule has 2 aromatic rings. The number of nitrogens with one attached hydrogen (secondary N) is 1. The molecule has 0 aliphatic carbocycles. The monoisotopic (exact) mass is 542 g/mol. The van der Waals surface area contributed by atoms with Gasteiger partial charge >= 0.3 is 6.18 Å². The number of carbonyl (C=O) groups excluding carboxylic acids is 2. The standard InChI is InChI=1S/C26H25F3N6O2S/c1-15-11-17(16(2)34(15)19-8-6-7-18(13-19)26(27,28)29)12-20-23(30)35-25(31-24(20)37)38-21(32-35)14-22(36)33-9-4-3-5-10-33/h6-8,11-13,30H,3-5,9-10,14H2,1-2H3. The molecule has 0 saturated carbocycles. The molecule has 3 aliphatic heterocycles. The van der Waals surface area contributed by atoms with Crippen LogP contribution in [0.2, 0.25) is 0 Å². The largest absolute Gasteiger partial charge is 0.416 e. The van der Waals surface area contributed by atoms with Crippen LogP contribution in [0.15, 0.2) is 46.0 Å². The average Bonchev–Trinajstić information content (AvgIpc) is 3.40. The van der Waals surface area contributed by atoms with E-state index in [4.69, 9.17) is 5.41 Å². The number of aromatic nitrogens is 1. The van der Waals surface area contributed by atoms with Gasteiger partial charge in [0.1, 0.15) is 5.04 Å². The summed E-state index contributed by atoms with van der Waals surface area (Å²) in [6.45, 7) is 4.94. The Morgan fingerprint density at radius 3 is 2.61 bits per heavy atom. The van der Waals surface area contributed by atoms with Gasteiger partial charge in [0.2, 0.25) is 11.1 Å². The molecule has 3 aliphatic rings. The molecule has 198 valence electrons. The van der Waals surface area contributed by atoms with Gasteiger partial charge in [0.05, 0.1) is 17.6 Å². The normalized spacial score (nSPS) is 19.1. The van der Waals surface area contributed by atoms with Crippen molar-refractivity contribution in [1.29, 1.82) is 5.41 Å². The number of aliphatic imine (C=N–C) groups is 1. The van der Waals surface area contributed by atoms with Gasteiger partial charge in [0.25, 0.3) is 5.91 Å². The summed E-state index contributed by atoms with van der Waals surface area (Å²) in [5.74, 6) is -0.819. The van der Waals surface area contributed by atoms with Gasteiger partial charge in [-0.05, 0) is 80.8 Å². The number of amides is 2. The minimum absolute atomic E-state index is 0.00555. The molecular weight excluding hydrogens is 517 g/mol. The number of benzene rings is 1. The van der Waals surface area contributed by atoms with Crippen molar-refractivity contribution < 1.29 is 22.8 Å². The molecule has 1 N–H and O–H groups in total. The lowest BCUT2D eigenvalue weighted by molar-refractivity contribution is -0.137. The molecule has 38 heavy (non-hydrogen) atoms. The topological polar surface area (TPSA) is 94.1 Å². The third-order valence-corrected chi connectivity index (χ3v) is 7.62. The molecule has 0 spiro atoms. The Labute approximate surface area is 221 Å². The third kappa shape index (κ3) is 4.92. The van der Waals surface area contributed by atoms with E-state index >= 15 is 0 Å². The summed E-state index contributed by atoms with van der Waals surface area (Å²) >= 11 is 1.11. The molecule has 0 bridgehead atoms. The van der Waals surface area contributed by atoms with Gasteiger partial charge in [0, 0.05) is 30.2 Å². The van der Waals surface area contributed by atoms with Crippen LogP contribution in [0.25, 0.3) is 11.8 Å². The highest BCUT2D eigenvalue weighted by Gasteiger charge is 2.37. The maximum Gasteiger partial charge on any atom is 0.416 e. The van der Waals surface area contributed by atoms with Crippen molar-refractivity contribution >= 4 is 45.7 Å². The van der Waals surface area contributed by atoms with Gasteiger partial charge in [-0.1, -0.05) is 6.07 Å². The van der Waals surface area contributed by atoms with Gasteiger partial charge in [-0.2, -0.15) is 28.3 Å². The Kier molecular flexibility index (Phi) is 6.76. The molecule has 0 unspecified atom stereocenters. The maximum absolute atomic E-state index is 13.3. The van der Waals surface area contributed by atoms with Gasteiger partial charge in [0.15, 0.2) is 5.84 Å². The van der Waals surface area contributed by atoms with Gasteiger partial charge in [-0.3, -0.25) is 15.0 Å². The molecule has 2 amide bonds. The van der Waals surface area contributed by atoms with E-state index in [-0.39, 0.29) is 28.9 Å². The molecule has 12 heteroatoms. The lowest BCUT2D eigenvalue weighted by Gasteiger charge is -2.26. The number of thioether (sulfide) groups is 1. The van der Waals surface area contributed by atoms with Gasteiger partial charge in [-0.25, -0.2) is 0 Å². The summed E-state index contributed by atoms with van der Waals surface area (Å²) in [5.41, 5.74) is 1.44. The number of carbonyl (C=O) groups is 2. The van der Waals surface area contributed by atoms with E-state index < -0.39 is 17.6 Å². The maximum atomic E-state index is 13.3. The van der Waals surface area contributed by atoms with Crippen molar-refractivity contribution in [3.63, 3.8) is 0 Å². The number of alkyl halides is 3. The number of piperidine rings is 1. The summed E-state index contributed by atoms with van der Waals surface area (Å²) in [4.78, 5) is 31.4. The molecule has 1 fully saturated rings. The molecule has 1 aromatic carbocycles. The molecule has 8 nitrogen and oxygen atoms in total. The first-order valence-corrected chi connectivity index (χ1v) is 13.0. The van der Waals surface area contributed by atoms with Crippen molar-refractivity contribution in [2.75, 3.05) is 13.1 Å². The van der Waals surface area contributed by atoms with Crippen LogP contribution in [-0.2, 0) is 15.8 Å². The van der Waals surface area contributed by atoms with E-state index in [2.05, 4.69) is 10.1 Å². The first-order valence-electron chi connectivity index (χ1n) is 12.2. The van der Waals surface area contributed by atoms with E-state index in [1.807, 2.05) is 4.90 Å². The molecule has 1 saturated heterocycles. The predicted molar refractivity (Wildman–Crippen MR) is 140 cm³/mol. The fraction of sp³-hybridized carbons (Fsp3) is 0.346. The van der Waals surface area contributed by atoms with E-state index in [1.165, 1.54) is 17.2 Å². The first kappa shape index (κ1) is 26.0. The number of rotatable bonds is 4. The lowest BCUT2D eigenvalue weighted by atomic mass is 10.1. The van der Waals surface area contributed by atoms with E-state index in [0.717, 1.165) is 56.2 Å². The zero-order chi connectivity index (χ0) is 27.2. The molecule has 1 aromatic heterocycles. The number of amidine groups is 2. The van der Waals surface area contributed by atoms with Crippen molar-refractivity contribution in [1.82, 2.24) is 14.5 Å². The van der Waals surface area contributed by atoms with Crippen LogP contribution >= 0.6 is 11.8 Å². The number of aryl methyl sites for hydroxylation is 1. The summed E-state index contributed by atoms with van der Waals surface area (Å²) in [6, 6.07) is 6.76. The fourth-order valence-electron chi connectivity index (χ4n) is 4.80. The number of hydrogen-bond acceptors (Lipinski definition) is 5. The van der Waals surface area contributed by atoms with E-state index in [1.54, 1.807) is 30.5 Å². The number of hydrogen-bond donors (Lipinski definition) is 1. The predicted octanol–water partition coefficient (Wildman–Crippen LogP) is 5.13. The van der Waals surface area contributed by atoms with Crippen molar-refractivity contribution in [2.45, 2.75) is 45.7 Å². The van der Waals surface area contributed by atoms with Crippen LogP contribution in [0.4, 0.5) is 13.2 Å². The quantitative estimate of drug-likeness (QED) is 0.542. The van der Waals surface area contributed by atoms with Crippen LogP contribution in [0, 0.1) is 19.3 Å². The second kappa shape index (κ2) is 9.90. The Morgan fingerprint density at radius 2 is 1.89 bits per heavy atom. The van der Waals surface area contributed by atoms with Gasteiger partial charge < -0.3 is 9.47 Å². The minimum atomic E-state index is -4.47. The highest BCUT2D eigenvalue weighted by molar-refractivity contribution is 8.27. The number of hydrazone groups is 1. The lowest BCUT2D eigenvalue weighted by Crippen LogP contribution is -2.36. The number of nitrogens with zero attached hydrogens (tertiary/aromatic N) is 5. The number of fused-ring (bicyclic) bond motifs is 1. The van der Waals surface area contributed by atoms with Crippen molar-refractivity contribution in [2.24, 2.45) is 10.1 Å². The highest BCUT2D eigenvalue weighted by atomic mass is 32.2. The molecular formula is C26H25F3N6O2S. The first-order chi connectivity index (χ1) is 18.0. The van der Waals surface area contributed by atoms with Crippen LogP contribution in [-0.4, -0.2) is 55.4 Å². The van der Waals surface area contributed by atoms with Crippen molar-refractivity contribution in [3.8, 4) is 5.69 Å². The zero-order valence-corrected chi connectivity index (χ0v) is 21.6. The molecule has 4 heterocycles. The van der Waals surface area contributed by atoms with Crippen LogP contribution in [0.3, 0.4) is 0 Å². The second-order valence-electron chi connectivity index (χ2n) is 9.34. The molecule has 5 rings (SSSR count). The third-order valence-electron chi connectivity index (χ3n) is 6.71. The minimum Gasteiger partial charge on any atom is -0.342 e. The second-order valence-corrected chi connectivity index (χ2v) is 10.4. The SMILES string of the molecule is Cc1cc(C=C2C(=N)N3N=C(CC(=O)N4CCCCC4)SC3=NC2=O)c(C)n1-c1cccc(C(F)(F)F)c1. The summed E-state index contributed by atoms with van der Waals surface area (Å²) in [5, 5.41) is 15.0. The highest BCUT2D eigenvalue weighted by Crippen LogP contribution is 2.33. The van der Waals surface area contributed by atoms with E-state index in [0.29, 0.717) is 27.7 Å². The van der Waals surface area contributed by atoms with Crippen LogP contribution < -0.4 is 0 Å². The zero-order valence-electron chi connectivity index (χ0n) is 20.8. The molecule has 0 atom stereocenters. The molecule has 0 radical (unpaired) electrons.